The summed E-state index contributed by atoms with van der Waals surface area (Å²) < 4.78 is 1.78. The third-order valence-electron chi connectivity index (χ3n) is 6.40. The van der Waals surface area contributed by atoms with Gasteiger partial charge in [-0.3, -0.25) is 10.1 Å². The highest BCUT2D eigenvalue weighted by Crippen LogP contribution is 2.46. The van der Waals surface area contributed by atoms with Crippen LogP contribution in [0.15, 0.2) is 106 Å². The van der Waals surface area contributed by atoms with Crippen molar-refractivity contribution in [3.8, 4) is 11.3 Å². The fourth-order valence-corrected chi connectivity index (χ4v) is 5.38. The van der Waals surface area contributed by atoms with Crippen LogP contribution in [-0.2, 0) is 5.41 Å². The summed E-state index contributed by atoms with van der Waals surface area (Å²) in [7, 11) is 2.07. The van der Waals surface area contributed by atoms with Crippen molar-refractivity contribution < 1.29 is 4.92 Å². The topological polar surface area (TPSA) is 76.0 Å². The van der Waals surface area contributed by atoms with E-state index < -0.39 is 4.92 Å². The van der Waals surface area contributed by atoms with Gasteiger partial charge < -0.3 is 4.90 Å². The number of para-hydroxylation sites is 2. The Morgan fingerprint density at radius 1 is 0.972 bits per heavy atom. The Bertz CT molecular complexity index is 1550. The van der Waals surface area contributed by atoms with E-state index in [1.165, 1.54) is 34.7 Å². The Balaban J connectivity index is 1.58. The van der Waals surface area contributed by atoms with Gasteiger partial charge in [0, 0.05) is 53.1 Å². The summed E-state index contributed by atoms with van der Waals surface area (Å²) in [5, 5.41) is 17.9. The minimum Gasteiger partial charge on any atom is -0.347 e. The molecule has 3 aromatic carbocycles. The third kappa shape index (κ3) is 4.27. The molecule has 4 aromatic rings. The number of thiazole rings is 1. The van der Waals surface area contributed by atoms with E-state index in [9.17, 15) is 10.1 Å². The summed E-state index contributed by atoms with van der Waals surface area (Å²) in [5.74, 6) is 0. The molecule has 1 aromatic heterocycles. The first-order valence-electron chi connectivity index (χ1n) is 11.5. The number of benzene rings is 3. The number of hydrogen-bond acceptors (Lipinski definition) is 6. The zero-order valence-corrected chi connectivity index (χ0v) is 21.0. The molecule has 0 amide bonds. The van der Waals surface area contributed by atoms with Gasteiger partial charge in [-0.25, -0.2) is 9.67 Å². The van der Waals surface area contributed by atoms with Crippen molar-refractivity contribution in [2.75, 3.05) is 11.9 Å². The fourth-order valence-electron chi connectivity index (χ4n) is 4.53. The summed E-state index contributed by atoms with van der Waals surface area (Å²) in [6, 6.07) is 24.6. The standard InChI is InChI=1S/C28H25N5O2S/c1-28(2)23-11-7-8-12-24(23)31(3)26(28)17-18-29-32-25(20-13-15-22(16-14-20)33(34)35)19-36-27(32)30-21-9-5-4-6-10-21/h4-19H,1-3H3. The molecule has 1 aliphatic heterocycles. The van der Waals surface area contributed by atoms with Crippen LogP contribution in [0, 0.1) is 10.1 Å². The van der Waals surface area contributed by atoms with Crippen molar-refractivity contribution in [1.29, 1.82) is 0 Å². The molecule has 2 heterocycles. The van der Waals surface area contributed by atoms with Crippen LogP contribution in [-0.4, -0.2) is 22.9 Å². The van der Waals surface area contributed by atoms with Gasteiger partial charge in [-0.15, -0.1) is 11.3 Å². The molecule has 0 unspecified atom stereocenters. The number of hydrogen-bond donors (Lipinski definition) is 0. The van der Waals surface area contributed by atoms with Crippen LogP contribution < -0.4 is 9.70 Å². The first-order valence-corrected chi connectivity index (χ1v) is 12.4. The number of nitro groups is 1. The van der Waals surface area contributed by atoms with E-state index in [0.29, 0.717) is 4.80 Å². The Hall–Kier alpha value is -4.30. The fraction of sp³-hybridized carbons (Fsp3) is 0.143. The van der Waals surface area contributed by atoms with Crippen molar-refractivity contribution in [3.63, 3.8) is 0 Å². The van der Waals surface area contributed by atoms with Crippen LogP contribution in [0.1, 0.15) is 19.4 Å². The Morgan fingerprint density at radius 2 is 1.67 bits per heavy atom. The van der Waals surface area contributed by atoms with Crippen LogP contribution in [0.25, 0.3) is 11.3 Å². The van der Waals surface area contributed by atoms with Gasteiger partial charge in [0.25, 0.3) is 5.69 Å². The molecule has 5 rings (SSSR count). The van der Waals surface area contributed by atoms with Gasteiger partial charge in [0.05, 0.1) is 16.3 Å². The maximum Gasteiger partial charge on any atom is 0.269 e. The lowest BCUT2D eigenvalue weighted by atomic mass is 9.84. The molecule has 0 saturated carbocycles. The van der Waals surface area contributed by atoms with Crippen LogP contribution >= 0.6 is 11.3 Å². The first-order chi connectivity index (χ1) is 17.4. The summed E-state index contributed by atoms with van der Waals surface area (Å²) in [6.07, 6.45) is 3.83. The van der Waals surface area contributed by atoms with Crippen molar-refractivity contribution in [3.05, 3.63) is 116 Å². The molecular formula is C28H25N5O2S. The molecule has 0 N–H and O–H groups in total. The Morgan fingerprint density at radius 3 is 2.36 bits per heavy atom. The second-order valence-corrected chi connectivity index (χ2v) is 9.82. The maximum atomic E-state index is 11.1. The van der Waals surface area contributed by atoms with Crippen molar-refractivity contribution in [1.82, 2.24) is 4.68 Å². The normalized spacial score (nSPS) is 16.1. The highest BCUT2D eigenvalue weighted by molar-refractivity contribution is 7.07. The monoisotopic (exact) mass is 495 g/mol. The number of allylic oxidation sites excluding steroid dienone is 2. The summed E-state index contributed by atoms with van der Waals surface area (Å²) >= 11 is 1.47. The SMILES string of the molecule is CN1C(=CC=Nn2c(-c3ccc([N+](=O)[O-])cc3)csc2=Nc2ccccc2)C(C)(C)c2ccccc21. The minimum atomic E-state index is -0.399. The molecule has 0 aliphatic carbocycles. The van der Waals surface area contributed by atoms with Crippen LogP contribution in [0.5, 0.6) is 0 Å². The number of anilines is 1. The highest BCUT2D eigenvalue weighted by Gasteiger charge is 2.37. The quantitative estimate of drug-likeness (QED) is 0.180. The predicted molar refractivity (Wildman–Crippen MR) is 146 cm³/mol. The van der Waals surface area contributed by atoms with E-state index >= 15 is 0 Å². The molecule has 0 bridgehead atoms. The van der Waals surface area contributed by atoms with E-state index in [0.717, 1.165) is 22.6 Å². The average Bonchev–Trinajstić information content (AvgIpc) is 3.36. The number of nitro benzene ring substituents is 1. The van der Waals surface area contributed by atoms with Crippen molar-refractivity contribution >= 4 is 34.6 Å². The molecule has 1 aliphatic rings. The van der Waals surface area contributed by atoms with Gasteiger partial charge >= 0.3 is 0 Å². The molecular weight excluding hydrogens is 470 g/mol. The van der Waals surface area contributed by atoms with Crippen molar-refractivity contribution in [2.45, 2.75) is 19.3 Å². The number of rotatable bonds is 5. The van der Waals surface area contributed by atoms with Crippen LogP contribution in [0.3, 0.4) is 0 Å². The summed E-state index contributed by atoms with van der Waals surface area (Å²) in [6.45, 7) is 4.43. The van der Waals surface area contributed by atoms with E-state index in [1.807, 2.05) is 41.8 Å². The smallest absolute Gasteiger partial charge is 0.269 e. The predicted octanol–water partition coefficient (Wildman–Crippen LogP) is 6.50. The second-order valence-electron chi connectivity index (χ2n) is 8.98. The second kappa shape index (κ2) is 9.39. The van der Waals surface area contributed by atoms with Gasteiger partial charge in [0.15, 0.2) is 0 Å². The lowest BCUT2D eigenvalue weighted by Crippen LogP contribution is -2.23. The number of non-ortho nitro benzene ring substituents is 1. The highest BCUT2D eigenvalue weighted by atomic mass is 32.1. The number of likely N-dealkylation sites (N-methyl/N-ethyl adjacent to an activating group) is 1. The van der Waals surface area contributed by atoms with Crippen molar-refractivity contribution in [2.24, 2.45) is 10.1 Å². The largest absolute Gasteiger partial charge is 0.347 e. The molecule has 8 heteroatoms. The summed E-state index contributed by atoms with van der Waals surface area (Å²) in [4.78, 5) is 18.4. The zero-order chi connectivity index (χ0) is 25.3. The minimum absolute atomic E-state index is 0.0500. The molecule has 36 heavy (non-hydrogen) atoms. The maximum absolute atomic E-state index is 11.1. The number of fused-ring (bicyclic) bond motifs is 1. The molecule has 0 fully saturated rings. The molecule has 180 valence electrons. The van der Waals surface area contributed by atoms with Gasteiger partial charge in [0.2, 0.25) is 4.80 Å². The molecule has 0 atom stereocenters. The van der Waals surface area contributed by atoms with Gasteiger partial charge in [-0.1, -0.05) is 50.2 Å². The van der Waals surface area contributed by atoms with Gasteiger partial charge in [0.1, 0.15) is 0 Å². The number of aromatic nitrogens is 1. The van der Waals surface area contributed by atoms with Gasteiger partial charge in [-0.2, -0.15) is 5.10 Å². The van der Waals surface area contributed by atoms with Crippen LogP contribution in [0.4, 0.5) is 17.1 Å². The number of nitrogens with zero attached hydrogens (tertiary/aromatic N) is 5. The molecule has 0 radical (unpaired) electrons. The Kier molecular flexibility index (Phi) is 6.12. The van der Waals surface area contributed by atoms with Gasteiger partial charge in [-0.05, 0) is 42.0 Å². The third-order valence-corrected chi connectivity index (χ3v) is 7.21. The molecule has 0 saturated heterocycles. The zero-order valence-electron chi connectivity index (χ0n) is 20.2. The average molecular weight is 496 g/mol. The van der Waals surface area contributed by atoms with E-state index in [2.05, 4.69) is 50.1 Å². The Labute approximate surface area is 213 Å². The lowest BCUT2D eigenvalue weighted by Gasteiger charge is -2.23. The molecule has 0 spiro atoms. The first kappa shape index (κ1) is 23.4. The van der Waals surface area contributed by atoms with E-state index in [-0.39, 0.29) is 11.1 Å². The lowest BCUT2D eigenvalue weighted by molar-refractivity contribution is -0.384. The molecule has 7 nitrogen and oxygen atoms in total. The summed E-state index contributed by atoms with van der Waals surface area (Å²) in [5.41, 5.74) is 5.95. The van der Waals surface area contributed by atoms with E-state index in [1.54, 1.807) is 23.0 Å². The van der Waals surface area contributed by atoms with E-state index in [4.69, 9.17) is 10.1 Å². The van der Waals surface area contributed by atoms with Crippen LogP contribution in [0.2, 0.25) is 0 Å².